The molecule has 12 unspecified atom stereocenters. The third-order valence-corrected chi connectivity index (χ3v) is 21.8. The zero-order valence-corrected chi connectivity index (χ0v) is 66.4. The molecule has 2 heterocycles. The van der Waals surface area contributed by atoms with Crippen molar-refractivity contribution < 1.29 is 64.6 Å². The molecule has 12 atom stereocenters. The summed E-state index contributed by atoms with van der Waals surface area (Å²) in [7, 11) is 0. The van der Waals surface area contributed by atoms with Gasteiger partial charge in [-0.3, -0.25) is 4.79 Å². The fraction of sp³-hybridized carbons (Fsp3) is 0.920. The van der Waals surface area contributed by atoms with E-state index in [1.54, 1.807) is 6.08 Å². The van der Waals surface area contributed by atoms with Crippen LogP contribution in [-0.4, -0.2) is 140 Å². The van der Waals surface area contributed by atoms with Gasteiger partial charge in [0.2, 0.25) is 5.91 Å². The quantitative estimate of drug-likeness (QED) is 0.0204. The second-order valence-electron chi connectivity index (χ2n) is 31.4. The molecule has 0 saturated carbocycles. The van der Waals surface area contributed by atoms with Crippen LogP contribution in [0.2, 0.25) is 0 Å². The maximum absolute atomic E-state index is 13.4. The van der Waals surface area contributed by atoms with E-state index < -0.39 is 86.8 Å². The van der Waals surface area contributed by atoms with Crippen molar-refractivity contribution in [3.8, 4) is 0 Å². The topological polar surface area (TPSA) is 228 Å². The molecule has 0 bridgehead atoms. The molecular weight excluding hydrogens is 1280 g/mol. The molecule has 14 nitrogen and oxygen atoms in total. The summed E-state index contributed by atoms with van der Waals surface area (Å²) in [6, 6.07) is -0.915. The number of carbonyl (C=O) groups is 1. The van der Waals surface area contributed by atoms with Crippen molar-refractivity contribution in [3.05, 3.63) is 36.5 Å². The van der Waals surface area contributed by atoms with Crippen LogP contribution in [0.3, 0.4) is 0 Å². The van der Waals surface area contributed by atoms with Gasteiger partial charge >= 0.3 is 0 Å². The van der Waals surface area contributed by atoms with E-state index in [-0.39, 0.29) is 18.9 Å². The largest absolute Gasteiger partial charge is 0.394 e. The molecule has 2 saturated heterocycles. The number of carbonyl (C=O) groups excluding carboxylic acids is 1. The van der Waals surface area contributed by atoms with Gasteiger partial charge in [-0.15, -0.1) is 0 Å². The number of aliphatic hydroxyl groups excluding tert-OH is 8. The molecule has 102 heavy (non-hydrogen) atoms. The maximum atomic E-state index is 13.4. The van der Waals surface area contributed by atoms with Crippen molar-refractivity contribution in [2.45, 2.75) is 498 Å². The van der Waals surface area contributed by atoms with E-state index in [2.05, 4.69) is 43.5 Å². The van der Waals surface area contributed by atoms with Crippen molar-refractivity contribution in [1.82, 2.24) is 5.32 Å². The summed E-state index contributed by atoms with van der Waals surface area (Å²) >= 11 is 0. The van der Waals surface area contributed by atoms with Gasteiger partial charge in [-0.05, 0) is 51.4 Å². The molecule has 0 spiro atoms. The van der Waals surface area contributed by atoms with E-state index in [0.717, 1.165) is 44.9 Å². The van der Waals surface area contributed by atoms with Gasteiger partial charge in [0, 0.05) is 6.42 Å². The molecule has 0 aliphatic carbocycles. The molecule has 0 radical (unpaired) electrons. The van der Waals surface area contributed by atoms with E-state index in [4.69, 9.17) is 18.9 Å². The first kappa shape index (κ1) is 96.3. The number of ether oxygens (including phenoxy) is 4. The van der Waals surface area contributed by atoms with Gasteiger partial charge in [0.1, 0.15) is 48.8 Å². The lowest BCUT2D eigenvalue weighted by molar-refractivity contribution is -0.359. The summed E-state index contributed by atoms with van der Waals surface area (Å²) < 4.78 is 23.0. The second kappa shape index (κ2) is 72.1. The highest BCUT2D eigenvalue weighted by atomic mass is 16.7. The number of hydrogen-bond acceptors (Lipinski definition) is 13. The Morgan fingerprint density at radius 1 is 0.353 bits per heavy atom. The molecule has 14 heteroatoms. The molecule has 2 fully saturated rings. The Labute approximate surface area is 627 Å². The lowest BCUT2D eigenvalue weighted by Crippen LogP contribution is -2.65. The first-order chi connectivity index (χ1) is 50.1. The third kappa shape index (κ3) is 53.9. The van der Waals surface area contributed by atoms with E-state index in [1.807, 2.05) is 6.08 Å². The summed E-state index contributed by atoms with van der Waals surface area (Å²) in [6.45, 7) is 2.87. The molecule has 2 aliphatic heterocycles. The molecule has 2 aliphatic rings. The van der Waals surface area contributed by atoms with Crippen LogP contribution in [0.15, 0.2) is 36.5 Å². The van der Waals surface area contributed by atoms with Crippen molar-refractivity contribution in [1.29, 1.82) is 0 Å². The predicted octanol–water partition coefficient (Wildman–Crippen LogP) is 21.1. The highest BCUT2D eigenvalue weighted by Crippen LogP contribution is 2.31. The number of unbranched alkanes of at least 4 members (excludes halogenated alkanes) is 59. The summed E-state index contributed by atoms with van der Waals surface area (Å²) in [6.07, 6.45) is 79.7. The molecule has 0 aromatic rings. The van der Waals surface area contributed by atoms with Crippen LogP contribution in [0.25, 0.3) is 0 Å². The van der Waals surface area contributed by atoms with E-state index in [1.165, 1.54) is 353 Å². The van der Waals surface area contributed by atoms with Crippen LogP contribution in [0.5, 0.6) is 0 Å². The van der Waals surface area contributed by atoms with Crippen molar-refractivity contribution in [2.24, 2.45) is 0 Å². The molecule has 0 aromatic heterocycles. The Morgan fingerprint density at radius 2 is 0.647 bits per heavy atom. The summed E-state index contributed by atoms with van der Waals surface area (Å²) in [4.78, 5) is 13.4. The van der Waals surface area contributed by atoms with Crippen LogP contribution in [0.4, 0.5) is 0 Å². The van der Waals surface area contributed by atoms with Gasteiger partial charge in [0.25, 0.3) is 0 Å². The highest BCUT2D eigenvalue weighted by Gasteiger charge is 2.51. The second-order valence-corrected chi connectivity index (χ2v) is 31.4. The highest BCUT2D eigenvalue weighted by molar-refractivity contribution is 5.76. The Morgan fingerprint density at radius 3 is 0.980 bits per heavy atom. The zero-order valence-electron chi connectivity index (χ0n) is 66.4. The molecular formula is C88H167NO13. The number of aliphatic hydroxyl groups is 8. The Bertz CT molecular complexity index is 1850. The number of hydrogen-bond donors (Lipinski definition) is 9. The van der Waals surface area contributed by atoms with Crippen molar-refractivity contribution >= 4 is 5.91 Å². The van der Waals surface area contributed by atoms with Gasteiger partial charge < -0.3 is 65.1 Å². The summed E-state index contributed by atoms with van der Waals surface area (Å²) in [5.41, 5.74) is 0. The number of allylic oxidation sites excluding steroid dienone is 5. The SMILES string of the molecule is CCCCCCC/C=C\C/C=C\CCCCCCCCCCCCCCCCCCCCCCCCCCCCCC(=O)NC(COC1OC(CO)C(OC2OC(CO)C(O)C(O)C2O)C(O)C1O)C(O)/C=C/CCCCCCCCCCCCCCCCCCCCCCCCCCCCC. The predicted molar refractivity (Wildman–Crippen MR) is 425 cm³/mol. The summed E-state index contributed by atoms with van der Waals surface area (Å²) in [5, 5.41) is 87.8. The molecule has 2 rings (SSSR count). The minimum absolute atomic E-state index is 0.229. The molecule has 602 valence electrons. The number of amides is 1. The molecule has 1 amide bonds. The van der Waals surface area contributed by atoms with Crippen molar-refractivity contribution in [2.75, 3.05) is 19.8 Å². The van der Waals surface area contributed by atoms with Crippen LogP contribution in [-0.2, 0) is 23.7 Å². The Kier molecular flexibility index (Phi) is 68.1. The van der Waals surface area contributed by atoms with Gasteiger partial charge in [0.05, 0.1) is 32.0 Å². The first-order valence-corrected chi connectivity index (χ1v) is 44.2. The number of nitrogens with one attached hydrogen (secondary N) is 1. The minimum Gasteiger partial charge on any atom is -0.394 e. The van der Waals surface area contributed by atoms with E-state index in [9.17, 15) is 45.6 Å². The minimum atomic E-state index is -1.79. The molecule has 9 N–H and O–H groups in total. The lowest BCUT2D eigenvalue weighted by atomic mass is 9.97. The molecule has 0 aromatic carbocycles. The maximum Gasteiger partial charge on any atom is 0.220 e. The van der Waals surface area contributed by atoms with Gasteiger partial charge in [0.15, 0.2) is 12.6 Å². The zero-order chi connectivity index (χ0) is 73.7. The lowest BCUT2D eigenvalue weighted by Gasteiger charge is -2.46. The summed E-state index contributed by atoms with van der Waals surface area (Å²) in [5.74, 6) is -0.229. The Balaban J connectivity index is 1.56. The van der Waals surface area contributed by atoms with Crippen LogP contribution in [0, 0.1) is 0 Å². The van der Waals surface area contributed by atoms with Crippen LogP contribution >= 0.6 is 0 Å². The Hall–Kier alpha value is -1.79. The van der Waals surface area contributed by atoms with Crippen molar-refractivity contribution in [3.63, 3.8) is 0 Å². The normalized spacial score (nSPS) is 21.7. The third-order valence-electron chi connectivity index (χ3n) is 21.8. The van der Waals surface area contributed by atoms with Gasteiger partial charge in [-0.25, -0.2) is 0 Å². The fourth-order valence-corrected chi connectivity index (χ4v) is 14.9. The monoisotopic (exact) mass is 1450 g/mol. The average molecular weight is 1450 g/mol. The fourth-order valence-electron chi connectivity index (χ4n) is 14.9. The van der Waals surface area contributed by atoms with E-state index >= 15 is 0 Å². The van der Waals surface area contributed by atoms with E-state index in [0.29, 0.717) is 6.42 Å². The van der Waals surface area contributed by atoms with Gasteiger partial charge in [-0.1, -0.05) is 403 Å². The van der Waals surface area contributed by atoms with Gasteiger partial charge in [-0.2, -0.15) is 0 Å². The first-order valence-electron chi connectivity index (χ1n) is 44.2. The smallest absolute Gasteiger partial charge is 0.220 e. The average Bonchev–Trinajstić information content (AvgIpc) is 0.790. The standard InChI is InChI=1S/C88H167NO13/c1-3-5-7-9-11-13-15-17-19-21-23-25-27-29-31-33-34-35-36-37-38-39-40-41-42-44-46-48-50-52-54-56-58-60-62-64-66-68-70-72-80(93)89-76(75-99-87-85(98)83(96)86(79(74-91)101-87)102-88-84(97)82(95)81(94)78(73-90)100-88)77(92)71-69-67-65-63-61-59-57-55-53-51-49-47-45-43-32-30-28-26-24-22-20-18-16-14-12-10-8-6-4-2/h15,17,21,23,69,71,76-79,81-88,90-92,94-98H,3-14,16,18-20,22,24-68,70,72-75H2,1-2H3,(H,89,93)/b17-15-,23-21-,71-69+. The van der Waals surface area contributed by atoms with Crippen LogP contribution in [0.1, 0.15) is 425 Å². The van der Waals surface area contributed by atoms with Crippen LogP contribution < -0.4 is 5.32 Å². The number of rotatable bonds is 76.